The van der Waals surface area contributed by atoms with Crippen LogP contribution < -0.4 is 4.74 Å². The van der Waals surface area contributed by atoms with Crippen LogP contribution in [-0.4, -0.2) is 7.11 Å². The third-order valence-electron chi connectivity index (χ3n) is 3.49. The van der Waals surface area contributed by atoms with Gasteiger partial charge < -0.3 is 4.74 Å². The molecule has 0 bridgehead atoms. The molecule has 0 aromatic heterocycles. The summed E-state index contributed by atoms with van der Waals surface area (Å²) >= 11 is 0. The van der Waals surface area contributed by atoms with Gasteiger partial charge in [-0.15, -0.1) is 0 Å². The van der Waals surface area contributed by atoms with Crippen LogP contribution in [0.2, 0.25) is 0 Å². The highest BCUT2D eigenvalue weighted by Crippen LogP contribution is 2.37. The Balaban J connectivity index is 2.16. The normalized spacial score (nSPS) is 18.0. The number of nitriles is 1. The number of ether oxygens (including phenoxy) is 1. The molecule has 1 aliphatic rings. The maximum absolute atomic E-state index is 9.29. The highest BCUT2D eigenvalue weighted by molar-refractivity contribution is 5.32. The van der Waals surface area contributed by atoms with Crippen LogP contribution in [0.1, 0.15) is 37.2 Å². The molecule has 84 valence electrons. The molecule has 0 amide bonds. The molecule has 1 atom stereocenters. The highest BCUT2D eigenvalue weighted by Gasteiger charge is 2.25. The van der Waals surface area contributed by atoms with E-state index < -0.39 is 0 Å². The zero-order chi connectivity index (χ0) is 11.4. The number of benzene rings is 1. The molecule has 0 N–H and O–H groups in total. The topological polar surface area (TPSA) is 33.0 Å². The molecular formula is C14H17NO. The minimum Gasteiger partial charge on any atom is -0.497 e. The molecule has 0 saturated heterocycles. The summed E-state index contributed by atoms with van der Waals surface area (Å²) in [4.78, 5) is 0. The molecule has 0 spiro atoms. The fourth-order valence-corrected chi connectivity index (χ4v) is 2.55. The van der Waals surface area contributed by atoms with E-state index in [0.29, 0.717) is 5.92 Å². The Kier molecular flexibility index (Phi) is 3.46. The molecule has 1 saturated carbocycles. The van der Waals surface area contributed by atoms with Crippen molar-refractivity contribution in [2.24, 2.45) is 5.92 Å². The second-order valence-electron chi connectivity index (χ2n) is 4.42. The standard InChI is InChI=1S/C14H17NO/c1-16-13-8-6-12(7-9-13)14(10-15)11-4-2-3-5-11/h6-9,11,14H,2-5H2,1H3/t14-/m0/s1. The molecular weight excluding hydrogens is 198 g/mol. The third-order valence-corrected chi connectivity index (χ3v) is 3.49. The molecule has 0 unspecified atom stereocenters. The maximum atomic E-state index is 9.29. The van der Waals surface area contributed by atoms with Gasteiger partial charge in [-0.3, -0.25) is 0 Å². The second kappa shape index (κ2) is 5.03. The summed E-state index contributed by atoms with van der Waals surface area (Å²) in [7, 11) is 1.66. The van der Waals surface area contributed by atoms with Crippen LogP contribution in [0.4, 0.5) is 0 Å². The van der Waals surface area contributed by atoms with Crippen molar-refractivity contribution in [3.63, 3.8) is 0 Å². The number of rotatable bonds is 3. The van der Waals surface area contributed by atoms with E-state index in [1.807, 2.05) is 24.3 Å². The predicted molar refractivity (Wildman–Crippen MR) is 63.3 cm³/mol. The van der Waals surface area contributed by atoms with Gasteiger partial charge in [0.15, 0.2) is 0 Å². The molecule has 0 heterocycles. The molecule has 1 aromatic rings. The van der Waals surface area contributed by atoms with Crippen LogP contribution in [0.25, 0.3) is 0 Å². The van der Waals surface area contributed by atoms with E-state index in [1.54, 1.807) is 7.11 Å². The number of hydrogen-bond donors (Lipinski definition) is 0. The molecule has 2 nitrogen and oxygen atoms in total. The first kappa shape index (κ1) is 11.0. The first-order chi connectivity index (χ1) is 7.85. The summed E-state index contributed by atoms with van der Waals surface area (Å²) in [6.07, 6.45) is 4.95. The van der Waals surface area contributed by atoms with Crippen LogP contribution in [0.15, 0.2) is 24.3 Å². The van der Waals surface area contributed by atoms with Crippen molar-refractivity contribution in [2.45, 2.75) is 31.6 Å². The minimum atomic E-state index is 0.0633. The molecule has 1 aromatic carbocycles. The molecule has 2 rings (SSSR count). The Morgan fingerprint density at radius 3 is 2.38 bits per heavy atom. The second-order valence-corrected chi connectivity index (χ2v) is 4.42. The van der Waals surface area contributed by atoms with Gasteiger partial charge in [-0.25, -0.2) is 0 Å². The van der Waals surface area contributed by atoms with Crippen molar-refractivity contribution in [1.82, 2.24) is 0 Å². The Labute approximate surface area is 96.9 Å². The van der Waals surface area contributed by atoms with Crippen molar-refractivity contribution in [2.75, 3.05) is 7.11 Å². The van der Waals surface area contributed by atoms with Crippen LogP contribution in [0.5, 0.6) is 5.75 Å². The molecule has 1 aliphatic carbocycles. The lowest BCUT2D eigenvalue weighted by atomic mass is 9.86. The predicted octanol–water partition coefficient (Wildman–Crippen LogP) is 3.49. The molecule has 0 aliphatic heterocycles. The number of hydrogen-bond acceptors (Lipinski definition) is 2. The first-order valence-corrected chi connectivity index (χ1v) is 5.88. The van der Waals surface area contributed by atoms with Crippen molar-refractivity contribution in [3.8, 4) is 11.8 Å². The Bertz CT molecular complexity index is 371. The number of nitrogens with zero attached hydrogens (tertiary/aromatic N) is 1. The summed E-state index contributed by atoms with van der Waals surface area (Å²) in [6.45, 7) is 0. The van der Waals surface area contributed by atoms with Gasteiger partial charge in [-0.1, -0.05) is 25.0 Å². The van der Waals surface area contributed by atoms with Gasteiger partial charge in [0.2, 0.25) is 0 Å². The van der Waals surface area contributed by atoms with Crippen LogP contribution in [0, 0.1) is 17.2 Å². The fraction of sp³-hybridized carbons (Fsp3) is 0.500. The van der Waals surface area contributed by atoms with E-state index in [2.05, 4.69) is 6.07 Å². The van der Waals surface area contributed by atoms with Crippen molar-refractivity contribution in [1.29, 1.82) is 5.26 Å². The van der Waals surface area contributed by atoms with E-state index in [4.69, 9.17) is 4.74 Å². The zero-order valence-electron chi connectivity index (χ0n) is 9.65. The van der Waals surface area contributed by atoms with Crippen molar-refractivity contribution in [3.05, 3.63) is 29.8 Å². The van der Waals surface area contributed by atoms with E-state index >= 15 is 0 Å². The van der Waals surface area contributed by atoms with E-state index in [0.717, 1.165) is 11.3 Å². The quantitative estimate of drug-likeness (QED) is 0.773. The lowest BCUT2D eigenvalue weighted by Crippen LogP contribution is -2.07. The highest BCUT2D eigenvalue weighted by atomic mass is 16.5. The minimum absolute atomic E-state index is 0.0633. The Morgan fingerprint density at radius 2 is 1.88 bits per heavy atom. The molecule has 2 heteroatoms. The lowest BCUT2D eigenvalue weighted by molar-refractivity contribution is 0.414. The Hall–Kier alpha value is -1.49. The van der Waals surface area contributed by atoms with E-state index in [-0.39, 0.29) is 5.92 Å². The summed E-state index contributed by atoms with van der Waals surface area (Å²) in [5.41, 5.74) is 1.13. The monoisotopic (exact) mass is 215 g/mol. The third kappa shape index (κ3) is 2.19. The van der Waals surface area contributed by atoms with Crippen LogP contribution in [-0.2, 0) is 0 Å². The van der Waals surface area contributed by atoms with Gasteiger partial charge in [0.05, 0.1) is 19.1 Å². The van der Waals surface area contributed by atoms with Crippen LogP contribution in [0.3, 0.4) is 0 Å². The molecule has 1 fully saturated rings. The average molecular weight is 215 g/mol. The smallest absolute Gasteiger partial charge is 0.118 e. The van der Waals surface area contributed by atoms with E-state index in [1.165, 1.54) is 25.7 Å². The van der Waals surface area contributed by atoms with Gasteiger partial charge in [-0.05, 0) is 36.5 Å². The number of methoxy groups -OCH3 is 1. The summed E-state index contributed by atoms with van der Waals surface area (Å²) < 4.78 is 5.13. The van der Waals surface area contributed by atoms with Crippen LogP contribution >= 0.6 is 0 Å². The van der Waals surface area contributed by atoms with Crippen molar-refractivity contribution >= 4 is 0 Å². The molecule has 0 radical (unpaired) electrons. The summed E-state index contributed by atoms with van der Waals surface area (Å²) in [5, 5.41) is 9.29. The largest absolute Gasteiger partial charge is 0.497 e. The van der Waals surface area contributed by atoms with Gasteiger partial charge in [0.25, 0.3) is 0 Å². The van der Waals surface area contributed by atoms with E-state index in [9.17, 15) is 5.26 Å². The lowest BCUT2D eigenvalue weighted by Gasteiger charge is -2.16. The summed E-state index contributed by atoms with van der Waals surface area (Å²) in [6, 6.07) is 10.4. The maximum Gasteiger partial charge on any atom is 0.118 e. The summed E-state index contributed by atoms with van der Waals surface area (Å²) in [5.74, 6) is 1.47. The average Bonchev–Trinajstić information content (AvgIpc) is 2.85. The van der Waals surface area contributed by atoms with Gasteiger partial charge in [0, 0.05) is 0 Å². The van der Waals surface area contributed by atoms with Gasteiger partial charge in [0.1, 0.15) is 5.75 Å². The Morgan fingerprint density at radius 1 is 1.25 bits per heavy atom. The SMILES string of the molecule is COc1ccc([C@@H](C#N)C2CCCC2)cc1. The first-order valence-electron chi connectivity index (χ1n) is 5.88. The fourth-order valence-electron chi connectivity index (χ4n) is 2.55. The van der Waals surface area contributed by atoms with Crippen molar-refractivity contribution < 1.29 is 4.74 Å². The van der Waals surface area contributed by atoms with Gasteiger partial charge in [-0.2, -0.15) is 5.26 Å². The zero-order valence-corrected chi connectivity index (χ0v) is 9.65. The van der Waals surface area contributed by atoms with Gasteiger partial charge >= 0.3 is 0 Å². The molecule has 16 heavy (non-hydrogen) atoms.